The van der Waals surface area contributed by atoms with Gasteiger partial charge in [-0.3, -0.25) is 14.6 Å². The van der Waals surface area contributed by atoms with Gasteiger partial charge in [-0.15, -0.1) is 0 Å². The van der Waals surface area contributed by atoms with Crippen LogP contribution >= 0.6 is 0 Å². The number of hydrogen-bond donors (Lipinski definition) is 0. The van der Waals surface area contributed by atoms with Crippen LogP contribution in [0.25, 0.3) is 0 Å². The number of methoxy groups -OCH3 is 1. The number of amides is 4. The SMILES string of the molecule is COc1ccc(CN2C(=O)N(CC(=O)OCc3ccccc3)C(=O)N(C3CCN(C4CCCCCCC4)CC3)c3ccccc32)cc1. The summed E-state index contributed by atoms with van der Waals surface area (Å²) in [5, 5.41) is 0. The molecule has 4 amide bonds. The number of likely N-dealkylation sites (tertiary alicyclic amines) is 1. The number of esters is 1. The lowest BCUT2D eigenvalue weighted by Crippen LogP contribution is -2.55. The first-order valence-corrected chi connectivity index (χ1v) is 17.1. The summed E-state index contributed by atoms with van der Waals surface area (Å²) < 4.78 is 10.9. The quantitative estimate of drug-likeness (QED) is 0.228. The molecule has 0 bridgehead atoms. The smallest absolute Gasteiger partial charge is 0.333 e. The minimum atomic E-state index is -0.634. The largest absolute Gasteiger partial charge is 0.497 e. The third-order valence-corrected chi connectivity index (χ3v) is 9.82. The number of carbonyl (C=O) groups is 3. The van der Waals surface area contributed by atoms with E-state index in [4.69, 9.17) is 9.47 Å². The molecule has 1 aliphatic carbocycles. The standard InChI is InChI=1S/C38H46N4O5/c1-46-33-20-18-29(19-21-33)26-40-34-16-10-11-17-35(34)42(32-22-24-39(25-23-32)31-14-8-3-2-4-9-15-31)38(45)41(37(40)44)27-36(43)47-28-30-12-6-5-7-13-30/h5-7,10-13,16-21,31-32H,2-4,8-9,14-15,22-28H2,1H3. The Morgan fingerprint density at radius 3 is 2.00 bits per heavy atom. The number of ether oxygens (including phenoxy) is 2. The van der Waals surface area contributed by atoms with Gasteiger partial charge < -0.3 is 14.4 Å². The zero-order valence-corrected chi connectivity index (χ0v) is 27.4. The Labute approximate surface area is 278 Å². The molecule has 0 unspecified atom stereocenters. The minimum Gasteiger partial charge on any atom is -0.497 e. The second-order valence-electron chi connectivity index (χ2n) is 12.9. The van der Waals surface area contributed by atoms with Gasteiger partial charge in [0.25, 0.3) is 0 Å². The Morgan fingerprint density at radius 1 is 0.681 bits per heavy atom. The van der Waals surface area contributed by atoms with Crippen molar-refractivity contribution in [3.8, 4) is 5.75 Å². The number of fused-ring (bicyclic) bond motifs is 1. The van der Waals surface area contributed by atoms with Crippen molar-refractivity contribution in [2.45, 2.75) is 83.0 Å². The van der Waals surface area contributed by atoms with Crippen molar-refractivity contribution in [2.24, 2.45) is 0 Å². The van der Waals surface area contributed by atoms with Crippen LogP contribution < -0.4 is 14.5 Å². The van der Waals surface area contributed by atoms with Gasteiger partial charge in [-0.2, -0.15) is 0 Å². The third kappa shape index (κ3) is 7.79. The number of anilines is 2. The van der Waals surface area contributed by atoms with Gasteiger partial charge in [0.05, 0.1) is 25.0 Å². The molecule has 3 aliphatic rings. The number of rotatable bonds is 9. The minimum absolute atomic E-state index is 0.0645. The number of nitrogens with zero attached hydrogens (tertiary/aromatic N) is 4. The lowest BCUT2D eigenvalue weighted by molar-refractivity contribution is -0.145. The number of urea groups is 2. The molecule has 2 aliphatic heterocycles. The van der Waals surface area contributed by atoms with E-state index in [1.54, 1.807) is 16.9 Å². The topological polar surface area (TPSA) is 82.6 Å². The molecule has 0 N–H and O–H groups in total. The van der Waals surface area contributed by atoms with E-state index < -0.39 is 24.6 Å². The number of imide groups is 1. The molecule has 1 saturated heterocycles. The predicted molar refractivity (Wildman–Crippen MR) is 183 cm³/mol. The van der Waals surface area contributed by atoms with Gasteiger partial charge in [-0.25, -0.2) is 14.5 Å². The number of carbonyl (C=O) groups excluding carboxylic acids is 3. The van der Waals surface area contributed by atoms with E-state index in [-0.39, 0.29) is 19.2 Å². The molecule has 2 heterocycles. The van der Waals surface area contributed by atoms with E-state index in [9.17, 15) is 14.4 Å². The van der Waals surface area contributed by atoms with Crippen LogP contribution in [0.5, 0.6) is 5.75 Å². The van der Waals surface area contributed by atoms with Crippen molar-refractivity contribution < 1.29 is 23.9 Å². The first-order chi connectivity index (χ1) is 23.0. The van der Waals surface area contributed by atoms with Crippen LogP contribution in [0.4, 0.5) is 21.0 Å². The molecule has 47 heavy (non-hydrogen) atoms. The van der Waals surface area contributed by atoms with Crippen LogP contribution in [0, 0.1) is 0 Å². The summed E-state index contributed by atoms with van der Waals surface area (Å²) in [7, 11) is 1.61. The maximum absolute atomic E-state index is 14.5. The second kappa shape index (κ2) is 15.5. The molecular formula is C38H46N4O5. The van der Waals surface area contributed by atoms with Gasteiger partial charge in [-0.1, -0.05) is 86.7 Å². The highest BCUT2D eigenvalue weighted by Crippen LogP contribution is 2.38. The average molecular weight is 639 g/mol. The fourth-order valence-electron chi connectivity index (χ4n) is 7.24. The van der Waals surface area contributed by atoms with Crippen LogP contribution in [0.3, 0.4) is 0 Å². The maximum Gasteiger partial charge on any atom is 0.333 e. The molecule has 0 aromatic heterocycles. The van der Waals surface area contributed by atoms with Gasteiger partial charge in [0.15, 0.2) is 0 Å². The molecule has 1 saturated carbocycles. The van der Waals surface area contributed by atoms with Gasteiger partial charge in [-0.05, 0) is 61.1 Å². The zero-order valence-electron chi connectivity index (χ0n) is 27.4. The Morgan fingerprint density at radius 2 is 1.32 bits per heavy atom. The highest BCUT2D eigenvalue weighted by molar-refractivity contribution is 6.14. The third-order valence-electron chi connectivity index (χ3n) is 9.82. The first kappa shape index (κ1) is 32.6. The lowest BCUT2D eigenvalue weighted by atomic mass is 9.93. The van der Waals surface area contributed by atoms with Gasteiger partial charge in [0, 0.05) is 25.2 Å². The van der Waals surface area contributed by atoms with Crippen molar-refractivity contribution >= 4 is 29.4 Å². The molecule has 0 atom stereocenters. The Balaban J connectivity index is 1.27. The van der Waals surface area contributed by atoms with E-state index in [0.29, 0.717) is 23.2 Å². The van der Waals surface area contributed by atoms with Crippen molar-refractivity contribution in [1.82, 2.24) is 9.80 Å². The number of hydrogen-bond acceptors (Lipinski definition) is 6. The molecule has 0 spiro atoms. The van der Waals surface area contributed by atoms with Crippen LogP contribution in [0.2, 0.25) is 0 Å². The molecule has 248 valence electrons. The van der Waals surface area contributed by atoms with Gasteiger partial charge >= 0.3 is 18.0 Å². The Bertz CT molecular complexity index is 1500. The Hall–Kier alpha value is -4.37. The average Bonchev–Trinajstić information content (AvgIpc) is 3.17. The van der Waals surface area contributed by atoms with Crippen LogP contribution in [0.15, 0.2) is 78.9 Å². The normalized spacial score (nSPS) is 18.7. The van der Waals surface area contributed by atoms with Crippen LogP contribution in [0.1, 0.15) is 68.9 Å². The summed E-state index contributed by atoms with van der Waals surface area (Å²) in [5.41, 5.74) is 3.03. The van der Waals surface area contributed by atoms with Crippen molar-refractivity contribution in [3.05, 3.63) is 90.0 Å². The molecule has 9 heteroatoms. The molecule has 2 fully saturated rings. The zero-order chi connectivity index (χ0) is 32.6. The predicted octanol–water partition coefficient (Wildman–Crippen LogP) is 7.38. The summed E-state index contributed by atoms with van der Waals surface area (Å²) in [5.74, 6) is 0.0798. The molecule has 0 radical (unpaired) electrons. The summed E-state index contributed by atoms with van der Waals surface area (Å²) in [6.45, 7) is 1.62. The van der Waals surface area contributed by atoms with E-state index >= 15 is 0 Å². The van der Waals surface area contributed by atoms with Gasteiger partial charge in [0.2, 0.25) is 0 Å². The van der Waals surface area contributed by atoms with Crippen LogP contribution in [-0.4, -0.2) is 66.7 Å². The highest BCUT2D eigenvalue weighted by Gasteiger charge is 2.42. The van der Waals surface area contributed by atoms with Crippen molar-refractivity contribution in [2.75, 3.05) is 36.5 Å². The van der Waals surface area contributed by atoms with E-state index in [2.05, 4.69) is 4.90 Å². The summed E-state index contributed by atoms with van der Waals surface area (Å²) >= 11 is 0. The number of para-hydroxylation sites is 2. The second-order valence-corrected chi connectivity index (χ2v) is 12.9. The first-order valence-electron chi connectivity index (χ1n) is 17.1. The molecule has 3 aromatic rings. The lowest BCUT2D eigenvalue weighted by Gasteiger charge is -2.42. The number of benzene rings is 3. The van der Waals surface area contributed by atoms with Gasteiger partial charge in [0.1, 0.15) is 18.9 Å². The van der Waals surface area contributed by atoms with Crippen molar-refractivity contribution in [1.29, 1.82) is 0 Å². The summed E-state index contributed by atoms with van der Waals surface area (Å²) in [6, 6.07) is 23.9. The van der Waals surface area contributed by atoms with E-state index in [1.807, 2.05) is 78.9 Å². The maximum atomic E-state index is 14.5. The number of piperidine rings is 1. The molecular weight excluding hydrogens is 592 g/mol. The molecule has 6 rings (SSSR count). The van der Waals surface area contributed by atoms with Crippen molar-refractivity contribution in [3.63, 3.8) is 0 Å². The van der Waals surface area contributed by atoms with E-state index in [1.165, 1.54) is 44.9 Å². The van der Waals surface area contributed by atoms with E-state index in [0.717, 1.165) is 42.0 Å². The fraction of sp³-hybridized carbons (Fsp3) is 0.447. The highest BCUT2D eigenvalue weighted by atomic mass is 16.5. The summed E-state index contributed by atoms with van der Waals surface area (Å²) in [6.07, 6.45) is 10.6. The van der Waals surface area contributed by atoms with Crippen LogP contribution in [-0.2, 0) is 22.7 Å². The Kier molecular flexibility index (Phi) is 10.7. The molecule has 3 aromatic carbocycles. The molecule has 9 nitrogen and oxygen atoms in total. The summed E-state index contributed by atoms with van der Waals surface area (Å²) in [4.78, 5) is 49.2. The monoisotopic (exact) mass is 638 g/mol. The fourth-order valence-corrected chi connectivity index (χ4v) is 7.24.